The summed E-state index contributed by atoms with van der Waals surface area (Å²) in [6.07, 6.45) is 1.77. The van der Waals surface area contributed by atoms with Crippen molar-refractivity contribution in [3.05, 3.63) is 57.9 Å². The summed E-state index contributed by atoms with van der Waals surface area (Å²) in [4.78, 5) is 21.9. The molecule has 2 aromatic rings. The van der Waals surface area contributed by atoms with Crippen molar-refractivity contribution < 1.29 is 14.5 Å². The zero-order chi connectivity index (χ0) is 14.7. The summed E-state index contributed by atoms with van der Waals surface area (Å²) < 4.78 is 6.81. The first-order valence-electron chi connectivity index (χ1n) is 5.99. The Kier molecular flexibility index (Phi) is 3.84. The van der Waals surface area contributed by atoms with Gasteiger partial charge in [0.2, 0.25) is 0 Å². The predicted octanol–water partition coefficient (Wildman–Crippen LogP) is 2.66. The van der Waals surface area contributed by atoms with Crippen LogP contribution in [0.4, 0.5) is 5.69 Å². The molecule has 6 nitrogen and oxygen atoms in total. The van der Waals surface area contributed by atoms with Crippen LogP contribution >= 0.6 is 0 Å². The van der Waals surface area contributed by atoms with Crippen molar-refractivity contribution in [2.75, 3.05) is 7.11 Å². The number of nitro groups is 1. The summed E-state index contributed by atoms with van der Waals surface area (Å²) in [5.41, 5.74) is 1.24. The van der Waals surface area contributed by atoms with Gasteiger partial charge in [-0.2, -0.15) is 0 Å². The van der Waals surface area contributed by atoms with Gasteiger partial charge in [0, 0.05) is 25.7 Å². The second-order valence-corrected chi connectivity index (χ2v) is 4.37. The zero-order valence-electron chi connectivity index (χ0n) is 11.2. The number of hydrogen-bond acceptors (Lipinski definition) is 4. The van der Waals surface area contributed by atoms with Gasteiger partial charge in [-0.3, -0.25) is 14.9 Å². The molecule has 0 saturated carbocycles. The number of benzene rings is 1. The first-order chi connectivity index (χ1) is 9.51. The molecule has 0 aliphatic rings. The number of Topliss-reactive ketones (excluding diaryl/α,β-unsaturated/α-hetero) is 1. The average Bonchev–Trinajstić information content (AvgIpc) is 2.86. The molecule has 6 heteroatoms. The molecule has 0 atom stereocenters. The van der Waals surface area contributed by atoms with Gasteiger partial charge in [0.25, 0.3) is 5.69 Å². The summed E-state index contributed by atoms with van der Waals surface area (Å²) in [6.45, 7) is 1.86. The molecule has 104 valence electrons. The SMILES string of the molecule is COc1cc(Cn2cccc2C(C)=O)cc([N+](=O)[O-])c1. The summed E-state index contributed by atoms with van der Waals surface area (Å²) >= 11 is 0. The third-order valence-corrected chi connectivity index (χ3v) is 2.94. The maximum absolute atomic E-state index is 11.5. The smallest absolute Gasteiger partial charge is 0.273 e. The van der Waals surface area contributed by atoms with Crippen LogP contribution < -0.4 is 4.74 Å². The van der Waals surface area contributed by atoms with Gasteiger partial charge in [-0.25, -0.2) is 0 Å². The van der Waals surface area contributed by atoms with E-state index in [1.54, 1.807) is 29.0 Å². The van der Waals surface area contributed by atoms with Crippen LogP contribution in [0.15, 0.2) is 36.5 Å². The first-order valence-corrected chi connectivity index (χ1v) is 5.99. The Morgan fingerprint density at radius 1 is 1.40 bits per heavy atom. The van der Waals surface area contributed by atoms with Crippen molar-refractivity contribution in [1.29, 1.82) is 0 Å². The number of nitro benzene ring substituents is 1. The monoisotopic (exact) mass is 274 g/mol. The summed E-state index contributed by atoms with van der Waals surface area (Å²) in [5, 5.41) is 10.9. The minimum absolute atomic E-state index is 0.0316. The molecule has 0 N–H and O–H groups in total. The lowest BCUT2D eigenvalue weighted by Gasteiger charge is -2.09. The maximum atomic E-state index is 11.5. The van der Waals surface area contributed by atoms with E-state index in [2.05, 4.69) is 0 Å². The number of aromatic nitrogens is 1. The molecule has 0 unspecified atom stereocenters. The van der Waals surface area contributed by atoms with Gasteiger partial charge in [-0.15, -0.1) is 0 Å². The Hall–Kier alpha value is -2.63. The van der Waals surface area contributed by atoms with Crippen molar-refractivity contribution in [3.63, 3.8) is 0 Å². The molecule has 1 aromatic carbocycles. The third-order valence-electron chi connectivity index (χ3n) is 2.94. The van der Waals surface area contributed by atoms with Crippen LogP contribution in [0.25, 0.3) is 0 Å². The van der Waals surface area contributed by atoms with Crippen LogP contribution in [0.2, 0.25) is 0 Å². The van der Waals surface area contributed by atoms with E-state index in [9.17, 15) is 14.9 Å². The highest BCUT2D eigenvalue weighted by Gasteiger charge is 2.12. The van der Waals surface area contributed by atoms with Crippen LogP contribution in [-0.2, 0) is 6.54 Å². The van der Waals surface area contributed by atoms with Crippen LogP contribution in [0.3, 0.4) is 0 Å². The van der Waals surface area contributed by atoms with Crippen molar-refractivity contribution in [2.24, 2.45) is 0 Å². The number of non-ortho nitro benzene ring substituents is 1. The van der Waals surface area contributed by atoms with E-state index in [0.29, 0.717) is 23.6 Å². The van der Waals surface area contributed by atoms with Gasteiger partial charge < -0.3 is 9.30 Å². The molecule has 0 spiro atoms. The number of ketones is 1. The molecule has 0 radical (unpaired) electrons. The molecule has 0 aliphatic carbocycles. The van der Waals surface area contributed by atoms with Gasteiger partial charge in [0.05, 0.1) is 23.8 Å². The number of carbonyl (C=O) groups is 1. The number of carbonyl (C=O) groups excluding carboxylic acids is 1. The standard InChI is InChI=1S/C14H14N2O4/c1-10(17)14-4-3-5-15(14)9-11-6-12(16(18)19)8-13(7-11)20-2/h3-8H,9H2,1-2H3. The Labute approximate surface area is 115 Å². The first kappa shape index (κ1) is 13.8. The molecular weight excluding hydrogens is 260 g/mol. The number of ether oxygens (including phenoxy) is 1. The van der Waals surface area contributed by atoms with E-state index in [1.807, 2.05) is 0 Å². The summed E-state index contributed by atoms with van der Waals surface area (Å²) in [5.74, 6) is 0.373. The largest absolute Gasteiger partial charge is 0.496 e. The Balaban J connectivity index is 2.37. The predicted molar refractivity (Wildman–Crippen MR) is 73.2 cm³/mol. The van der Waals surface area contributed by atoms with Crippen molar-refractivity contribution in [3.8, 4) is 5.75 Å². The lowest BCUT2D eigenvalue weighted by molar-refractivity contribution is -0.385. The molecule has 0 bridgehead atoms. The van der Waals surface area contributed by atoms with Gasteiger partial charge in [-0.05, 0) is 23.8 Å². The van der Waals surface area contributed by atoms with Crippen LogP contribution in [0.1, 0.15) is 23.0 Å². The molecule has 20 heavy (non-hydrogen) atoms. The Bertz CT molecular complexity index is 661. The second-order valence-electron chi connectivity index (χ2n) is 4.37. The van der Waals surface area contributed by atoms with Gasteiger partial charge in [0.1, 0.15) is 5.75 Å². The fraction of sp³-hybridized carbons (Fsp3) is 0.214. The number of hydrogen-bond donors (Lipinski definition) is 0. The topological polar surface area (TPSA) is 74.4 Å². The normalized spacial score (nSPS) is 10.3. The highest BCUT2D eigenvalue weighted by atomic mass is 16.6. The fourth-order valence-electron chi connectivity index (χ4n) is 2.03. The van der Waals surface area contributed by atoms with Crippen LogP contribution in [-0.4, -0.2) is 22.4 Å². The molecule has 1 aromatic heterocycles. The summed E-state index contributed by atoms with van der Waals surface area (Å²) in [6, 6.07) is 8.05. The molecule has 0 amide bonds. The quantitative estimate of drug-likeness (QED) is 0.477. The van der Waals surface area contributed by atoms with Crippen molar-refractivity contribution in [2.45, 2.75) is 13.5 Å². The van der Waals surface area contributed by atoms with E-state index in [-0.39, 0.29) is 11.5 Å². The van der Waals surface area contributed by atoms with Crippen LogP contribution in [0, 0.1) is 10.1 Å². The Morgan fingerprint density at radius 2 is 2.15 bits per heavy atom. The molecular formula is C14H14N2O4. The molecule has 1 heterocycles. The van der Waals surface area contributed by atoms with Crippen molar-refractivity contribution >= 4 is 11.5 Å². The highest BCUT2D eigenvalue weighted by molar-refractivity contribution is 5.92. The number of nitrogens with zero attached hydrogens (tertiary/aromatic N) is 2. The fourth-order valence-corrected chi connectivity index (χ4v) is 2.03. The van der Waals surface area contributed by atoms with Gasteiger partial charge >= 0.3 is 0 Å². The lowest BCUT2D eigenvalue weighted by Crippen LogP contribution is -2.07. The third kappa shape index (κ3) is 2.85. The molecule has 2 rings (SSSR count). The maximum Gasteiger partial charge on any atom is 0.273 e. The minimum Gasteiger partial charge on any atom is -0.496 e. The number of methoxy groups -OCH3 is 1. The van der Waals surface area contributed by atoms with E-state index >= 15 is 0 Å². The molecule has 0 saturated heterocycles. The summed E-state index contributed by atoms with van der Waals surface area (Å²) in [7, 11) is 1.46. The van der Waals surface area contributed by atoms with E-state index in [1.165, 1.54) is 26.2 Å². The molecule has 0 fully saturated rings. The Morgan fingerprint density at radius 3 is 2.75 bits per heavy atom. The second kappa shape index (κ2) is 5.56. The van der Waals surface area contributed by atoms with Gasteiger partial charge in [-0.1, -0.05) is 0 Å². The average molecular weight is 274 g/mol. The minimum atomic E-state index is -0.465. The van der Waals surface area contributed by atoms with E-state index in [0.717, 1.165) is 0 Å². The van der Waals surface area contributed by atoms with Crippen molar-refractivity contribution in [1.82, 2.24) is 4.57 Å². The molecule has 0 aliphatic heterocycles. The van der Waals surface area contributed by atoms with E-state index in [4.69, 9.17) is 4.74 Å². The number of rotatable bonds is 5. The van der Waals surface area contributed by atoms with E-state index < -0.39 is 4.92 Å². The zero-order valence-corrected chi connectivity index (χ0v) is 11.2. The van der Waals surface area contributed by atoms with Crippen LogP contribution in [0.5, 0.6) is 5.75 Å². The van der Waals surface area contributed by atoms with Gasteiger partial charge in [0.15, 0.2) is 5.78 Å². The lowest BCUT2D eigenvalue weighted by atomic mass is 10.2. The highest BCUT2D eigenvalue weighted by Crippen LogP contribution is 2.23.